The number of hydrogen-bond acceptors (Lipinski definition) is 5. The fraction of sp³-hybridized carbons (Fsp3) is 0.467. The van der Waals surface area contributed by atoms with Crippen LogP contribution in [-0.2, 0) is 20.7 Å². The maximum Gasteiger partial charge on any atom is 0.335 e. The zero-order valence-corrected chi connectivity index (χ0v) is 12.0. The average molecular weight is 277 g/mol. The van der Waals surface area contributed by atoms with E-state index in [-0.39, 0.29) is 18.7 Å². The molecule has 0 aromatic heterocycles. The highest BCUT2D eigenvalue weighted by Gasteiger charge is 2.21. The summed E-state index contributed by atoms with van der Waals surface area (Å²) in [5, 5.41) is 8.43. The van der Waals surface area contributed by atoms with Crippen molar-refractivity contribution in [2.45, 2.75) is 32.5 Å². The normalized spacial score (nSPS) is 11.8. The highest BCUT2D eigenvalue weighted by molar-refractivity contribution is 5.75. The van der Waals surface area contributed by atoms with Crippen molar-refractivity contribution in [3.05, 3.63) is 29.8 Å². The minimum absolute atomic E-state index is 0.0145. The molecule has 0 radical (unpaired) electrons. The van der Waals surface area contributed by atoms with E-state index in [1.54, 1.807) is 12.1 Å². The minimum Gasteiger partial charge on any atom is -0.479 e. The first-order valence-electron chi connectivity index (χ1n) is 6.38. The van der Waals surface area contributed by atoms with E-state index in [1.807, 2.05) is 32.0 Å². The molecule has 0 saturated heterocycles. The van der Waals surface area contributed by atoms with Crippen molar-refractivity contribution in [1.29, 1.82) is 5.26 Å². The van der Waals surface area contributed by atoms with Gasteiger partial charge in [0.1, 0.15) is 11.8 Å². The predicted octanol–water partition coefficient (Wildman–Crippen LogP) is 2.10. The van der Waals surface area contributed by atoms with Crippen molar-refractivity contribution in [1.82, 2.24) is 0 Å². The van der Waals surface area contributed by atoms with Gasteiger partial charge in [-0.3, -0.25) is 0 Å². The van der Waals surface area contributed by atoms with Gasteiger partial charge >= 0.3 is 5.97 Å². The standard InChI is InChI=1S/C15H19NO4/c1-11(2)20-14(15(17)18-3)10-12-4-6-13(7-5-12)19-9-8-16/h4-7,11,14H,9-10H2,1-3H3. The van der Waals surface area contributed by atoms with Gasteiger partial charge in [0, 0.05) is 6.42 Å². The lowest BCUT2D eigenvalue weighted by Gasteiger charge is -2.18. The largest absolute Gasteiger partial charge is 0.479 e. The smallest absolute Gasteiger partial charge is 0.335 e. The zero-order valence-electron chi connectivity index (χ0n) is 12.0. The van der Waals surface area contributed by atoms with Crippen LogP contribution in [0.3, 0.4) is 0 Å². The maximum absolute atomic E-state index is 11.7. The van der Waals surface area contributed by atoms with Gasteiger partial charge in [-0.2, -0.15) is 5.26 Å². The molecule has 0 bridgehead atoms. The first kappa shape index (κ1) is 16.0. The SMILES string of the molecule is COC(=O)C(Cc1ccc(OCC#N)cc1)OC(C)C. The molecule has 0 aliphatic heterocycles. The predicted molar refractivity (Wildman–Crippen MR) is 73.3 cm³/mol. The van der Waals surface area contributed by atoms with Gasteiger partial charge in [-0.15, -0.1) is 0 Å². The van der Waals surface area contributed by atoms with E-state index in [9.17, 15) is 4.79 Å². The Labute approximate surface area is 119 Å². The number of ether oxygens (including phenoxy) is 3. The van der Waals surface area contributed by atoms with Crippen LogP contribution in [0.25, 0.3) is 0 Å². The fourth-order valence-electron chi connectivity index (χ4n) is 1.70. The van der Waals surface area contributed by atoms with Crippen LogP contribution in [0.5, 0.6) is 5.75 Å². The summed E-state index contributed by atoms with van der Waals surface area (Å²) >= 11 is 0. The molecule has 0 heterocycles. The molecule has 1 aromatic rings. The van der Waals surface area contributed by atoms with Crippen LogP contribution in [0.2, 0.25) is 0 Å². The lowest BCUT2D eigenvalue weighted by Crippen LogP contribution is -2.30. The Hall–Kier alpha value is -2.06. The Morgan fingerprint density at radius 3 is 2.45 bits per heavy atom. The summed E-state index contributed by atoms with van der Waals surface area (Å²) in [6, 6.07) is 9.10. The summed E-state index contributed by atoms with van der Waals surface area (Å²) < 4.78 is 15.5. The van der Waals surface area contributed by atoms with Crippen molar-refractivity contribution in [3.8, 4) is 11.8 Å². The summed E-state index contributed by atoms with van der Waals surface area (Å²) in [7, 11) is 1.35. The van der Waals surface area contributed by atoms with E-state index in [4.69, 9.17) is 19.5 Å². The molecule has 5 nitrogen and oxygen atoms in total. The van der Waals surface area contributed by atoms with Gasteiger partial charge in [0.2, 0.25) is 0 Å². The van der Waals surface area contributed by atoms with Crippen molar-refractivity contribution < 1.29 is 19.0 Å². The summed E-state index contributed by atoms with van der Waals surface area (Å²) in [6.45, 7) is 3.75. The number of esters is 1. The van der Waals surface area contributed by atoms with Crippen molar-refractivity contribution in [2.75, 3.05) is 13.7 Å². The van der Waals surface area contributed by atoms with E-state index in [2.05, 4.69) is 0 Å². The number of nitriles is 1. The molecular weight excluding hydrogens is 258 g/mol. The molecule has 1 rings (SSSR count). The fourth-order valence-corrected chi connectivity index (χ4v) is 1.70. The molecule has 0 spiro atoms. The number of methoxy groups -OCH3 is 1. The molecule has 1 unspecified atom stereocenters. The van der Waals surface area contributed by atoms with Crippen LogP contribution in [0.4, 0.5) is 0 Å². The number of benzene rings is 1. The summed E-state index contributed by atoms with van der Waals surface area (Å²) in [5.74, 6) is 0.234. The lowest BCUT2D eigenvalue weighted by atomic mass is 10.1. The quantitative estimate of drug-likeness (QED) is 0.714. The Morgan fingerprint density at radius 2 is 1.95 bits per heavy atom. The van der Waals surface area contributed by atoms with Gasteiger partial charge in [-0.05, 0) is 31.5 Å². The van der Waals surface area contributed by atoms with Crippen LogP contribution in [0.1, 0.15) is 19.4 Å². The molecule has 0 aliphatic rings. The first-order chi connectivity index (χ1) is 9.56. The van der Waals surface area contributed by atoms with Gasteiger partial charge in [-0.1, -0.05) is 12.1 Å². The van der Waals surface area contributed by atoms with E-state index in [0.29, 0.717) is 12.2 Å². The Kier molecular flexibility index (Phi) is 6.54. The molecule has 0 fully saturated rings. The van der Waals surface area contributed by atoms with Gasteiger partial charge in [0.25, 0.3) is 0 Å². The van der Waals surface area contributed by atoms with E-state index >= 15 is 0 Å². The topological polar surface area (TPSA) is 68.5 Å². The summed E-state index contributed by atoms with van der Waals surface area (Å²) in [4.78, 5) is 11.7. The summed E-state index contributed by atoms with van der Waals surface area (Å²) in [6.07, 6.45) is -0.244. The molecule has 108 valence electrons. The molecular formula is C15H19NO4. The molecule has 0 saturated carbocycles. The third kappa shape index (κ3) is 5.29. The number of nitrogens with zero attached hydrogens (tertiary/aromatic N) is 1. The molecule has 1 atom stereocenters. The Balaban J connectivity index is 2.68. The number of carbonyl (C=O) groups is 1. The second-order valence-electron chi connectivity index (χ2n) is 4.49. The van der Waals surface area contributed by atoms with Crippen molar-refractivity contribution in [3.63, 3.8) is 0 Å². The monoisotopic (exact) mass is 277 g/mol. The minimum atomic E-state index is -0.620. The first-order valence-corrected chi connectivity index (χ1v) is 6.38. The van der Waals surface area contributed by atoms with Gasteiger partial charge < -0.3 is 14.2 Å². The highest BCUT2D eigenvalue weighted by atomic mass is 16.6. The molecule has 5 heteroatoms. The number of rotatable bonds is 7. The van der Waals surface area contributed by atoms with Crippen LogP contribution >= 0.6 is 0 Å². The maximum atomic E-state index is 11.7. The van der Waals surface area contributed by atoms with Gasteiger partial charge in [0.05, 0.1) is 13.2 Å². The van der Waals surface area contributed by atoms with Gasteiger partial charge in [-0.25, -0.2) is 4.79 Å². The lowest BCUT2D eigenvalue weighted by molar-refractivity contribution is -0.156. The van der Waals surface area contributed by atoms with Crippen molar-refractivity contribution >= 4 is 5.97 Å². The highest BCUT2D eigenvalue weighted by Crippen LogP contribution is 2.15. The van der Waals surface area contributed by atoms with Gasteiger partial charge in [0.15, 0.2) is 12.7 Å². The Morgan fingerprint density at radius 1 is 1.30 bits per heavy atom. The summed E-state index contributed by atoms with van der Waals surface area (Å²) in [5.41, 5.74) is 0.936. The van der Waals surface area contributed by atoms with E-state index in [1.165, 1.54) is 7.11 Å². The van der Waals surface area contributed by atoms with Crippen LogP contribution in [0.15, 0.2) is 24.3 Å². The van der Waals surface area contributed by atoms with Crippen LogP contribution in [-0.4, -0.2) is 31.9 Å². The second kappa shape index (κ2) is 8.18. The Bertz CT molecular complexity index is 462. The van der Waals surface area contributed by atoms with Crippen LogP contribution in [0, 0.1) is 11.3 Å². The average Bonchev–Trinajstić information content (AvgIpc) is 2.44. The third-order valence-corrected chi connectivity index (χ3v) is 2.55. The van der Waals surface area contributed by atoms with E-state index in [0.717, 1.165) is 5.56 Å². The zero-order chi connectivity index (χ0) is 15.0. The number of hydrogen-bond donors (Lipinski definition) is 0. The van der Waals surface area contributed by atoms with Crippen molar-refractivity contribution in [2.24, 2.45) is 0 Å². The third-order valence-electron chi connectivity index (χ3n) is 2.55. The molecule has 0 N–H and O–H groups in total. The molecule has 0 amide bonds. The van der Waals surface area contributed by atoms with E-state index < -0.39 is 6.10 Å². The second-order valence-corrected chi connectivity index (χ2v) is 4.49. The number of carbonyl (C=O) groups excluding carboxylic acids is 1. The molecule has 1 aromatic carbocycles. The van der Waals surface area contributed by atoms with Crippen LogP contribution < -0.4 is 4.74 Å². The molecule has 0 aliphatic carbocycles. The molecule has 20 heavy (non-hydrogen) atoms.